The van der Waals surface area contributed by atoms with E-state index < -0.39 is 25.4 Å². The SMILES string of the molecule is COc1cc(OC)c(C(=O)[PH](=O)c2ccccc2C(=O)c2ccccc2C(Oc2ccccc2)Oc2ccccc2)c(OC)c1. The van der Waals surface area contributed by atoms with E-state index >= 15 is 0 Å². The molecule has 0 saturated carbocycles. The summed E-state index contributed by atoms with van der Waals surface area (Å²) >= 11 is 0. The van der Waals surface area contributed by atoms with E-state index in [-0.39, 0.29) is 33.5 Å². The number of ketones is 1. The van der Waals surface area contributed by atoms with Gasteiger partial charge >= 0.3 is 0 Å². The van der Waals surface area contributed by atoms with E-state index in [2.05, 4.69) is 0 Å². The lowest BCUT2D eigenvalue weighted by Gasteiger charge is -2.23. The first-order chi connectivity index (χ1) is 21.9. The van der Waals surface area contributed by atoms with Gasteiger partial charge in [0.1, 0.15) is 34.3 Å². The summed E-state index contributed by atoms with van der Waals surface area (Å²) in [6, 6.07) is 34.6. The molecule has 1 unspecified atom stereocenters. The van der Waals surface area contributed by atoms with Crippen LogP contribution in [0.25, 0.3) is 0 Å². The normalized spacial score (nSPS) is 11.4. The number of rotatable bonds is 13. The zero-order chi connectivity index (χ0) is 31.8. The maximum absolute atomic E-state index is 14.3. The van der Waals surface area contributed by atoms with E-state index in [0.29, 0.717) is 22.8 Å². The number of hydrogen-bond donors (Lipinski definition) is 0. The molecule has 45 heavy (non-hydrogen) atoms. The van der Waals surface area contributed by atoms with Crippen molar-refractivity contribution in [2.45, 2.75) is 6.29 Å². The lowest BCUT2D eigenvalue weighted by Crippen LogP contribution is -2.21. The number of benzene rings is 5. The first-order valence-electron chi connectivity index (χ1n) is 14.0. The van der Waals surface area contributed by atoms with Crippen molar-refractivity contribution in [3.8, 4) is 28.7 Å². The summed E-state index contributed by atoms with van der Waals surface area (Å²) in [5.41, 5.74) is 0.118. The van der Waals surface area contributed by atoms with Gasteiger partial charge in [0, 0.05) is 34.1 Å². The fourth-order valence-corrected chi connectivity index (χ4v) is 6.20. The van der Waals surface area contributed by atoms with Gasteiger partial charge in [-0.25, -0.2) is 0 Å². The number of para-hydroxylation sites is 2. The molecule has 0 bridgehead atoms. The minimum Gasteiger partial charge on any atom is -0.496 e. The average molecular weight is 623 g/mol. The Morgan fingerprint density at radius 3 is 1.60 bits per heavy atom. The van der Waals surface area contributed by atoms with Gasteiger partial charge in [-0.2, -0.15) is 0 Å². The van der Waals surface area contributed by atoms with Gasteiger partial charge in [0.05, 0.1) is 21.3 Å². The smallest absolute Gasteiger partial charge is 0.268 e. The van der Waals surface area contributed by atoms with Crippen molar-refractivity contribution in [3.63, 3.8) is 0 Å². The minimum absolute atomic E-state index is 0.0000673. The van der Waals surface area contributed by atoms with Gasteiger partial charge in [0.2, 0.25) is 5.52 Å². The maximum Gasteiger partial charge on any atom is 0.268 e. The quantitative estimate of drug-likeness (QED) is 0.0778. The molecule has 0 aliphatic carbocycles. The monoisotopic (exact) mass is 622 g/mol. The molecule has 0 N–H and O–H groups in total. The van der Waals surface area contributed by atoms with Gasteiger partial charge in [0.25, 0.3) is 6.29 Å². The summed E-state index contributed by atoms with van der Waals surface area (Å²) in [4.78, 5) is 28.1. The summed E-state index contributed by atoms with van der Waals surface area (Å²) in [6.07, 6.45) is -1.01. The predicted molar refractivity (Wildman–Crippen MR) is 172 cm³/mol. The van der Waals surface area contributed by atoms with Crippen LogP contribution in [-0.4, -0.2) is 32.6 Å². The van der Waals surface area contributed by atoms with E-state index in [0.717, 1.165) is 0 Å². The highest BCUT2D eigenvalue weighted by Crippen LogP contribution is 2.41. The van der Waals surface area contributed by atoms with Crippen molar-refractivity contribution in [3.05, 3.63) is 144 Å². The molecule has 5 aromatic carbocycles. The Morgan fingerprint density at radius 1 is 0.578 bits per heavy atom. The summed E-state index contributed by atoms with van der Waals surface area (Å²) in [5.74, 6) is 1.32. The molecular weight excluding hydrogens is 591 g/mol. The van der Waals surface area contributed by atoms with Crippen molar-refractivity contribution in [1.29, 1.82) is 0 Å². The second-order valence-corrected chi connectivity index (χ2v) is 11.4. The number of hydrogen-bond acceptors (Lipinski definition) is 8. The van der Waals surface area contributed by atoms with Crippen molar-refractivity contribution in [2.75, 3.05) is 21.3 Å². The fourth-order valence-electron chi connectivity index (χ4n) is 4.80. The van der Waals surface area contributed by atoms with Gasteiger partial charge in [-0.3, -0.25) is 9.59 Å². The fraction of sp³-hybridized carbons (Fsp3) is 0.111. The molecule has 0 fully saturated rings. The van der Waals surface area contributed by atoms with E-state index in [9.17, 15) is 14.2 Å². The zero-order valence-electron chi connectivity index (χ0n) is 24.9. The average Bonchev–Trinajstić information content (AvgIpc) is 3.10. The van der Waals surface area contributed by atoms with Crippen molar-refractivity contribution < 1.29 is 37.8 Å². The molecule has 1 atom stereocenters. The minimum atomic E-state index is -3.26. The molecule has 0 heterocycles. The molecule has 5 rings (SSSR count). The van der Waals surface area contributed by atoms with Crippen LogP contribution in [-0.2, 0) is 4.57 Å². The summed E-state index contributed by atoms with van der Waals surface area (Å²) in [6.45, 7) is 0. The summed E-state index contributed by atoms with van der Waals surface area (Å²) < 4.78 is 42.6. The van der Waals surface area contributed by atoms with E-state index in [1.165, 1.54) is 39.5 Å². The van der Waals surface area contributed by atoms with Gasteiger partial charge in [-0.05, 0) is 24.3 Å². The Bertz CT molecular complexity index is 1760. The van der Waals surface area contributed by atoms with E-state index in [1.54, 1.807) is 66.7 Å². The van der Waals surface area contributed by atoms with Crippen LogP contribution in [0.15, 0.2) is 121 Å². The molecule has 9 heteroatoms. The molecule has 228 valence electrons. The second kappa shape index (κ2) is 14.4. The Hall–Kier alpha value is -5.33. The van der Waals surface area contributed by atoms with E-state index in [1.807, 2.05) is 36.4 Å². The third kappa shape index (κ3) is 6.92. The van der Waals surface area contributed by atoms with Crippen LogP contribution in [0.3, 0.4) is 0 Å². The van der Waals surface area contributed by atoms with Crippen LogP contribution in [0.5, 0.6) is 28.7 Å². The summed E-state index contributed by atoms with van der Waals surface area (Å²) in [5, 5.41) is 0.108. The molecule has 0 aliphatic heterocycles. The zero-order valence-corrected chi connectivity index (χ0v) is 25.9. The van der Waals surface area contributed by atoms with Crippen LogP contribution >= 0.6 is 7.80 Å². The lowest BCUT2D eigenvalue weighted by atomic mass is 9.98. The van der Waals surface area contributed by atoms with Gasteiger partial charge in [-0.15, -0.1) is 0 Å². The maximum atomic E-state index is 14.3. The molecule has 0 aliphatic rings. The molecule has 5 aromatic rings. The molecule has 0 aromatic heterocycles. The number of carbonyl (C=O) groups is 2. The molecule has 0 radical (unpaired) electrons. The number of ether oxygens (including phenoxy) is 5. The molecule has 0 amide bonds. The first kappa shape index (κ1) is 31.1. The lowest BCUT2D eigenvalue weighted by molar-refractivity contribution is 0.00324. The largest absolute Gasteiger partial charge is 0.496 e. The molecule has 0 saturated heterocycles. The Labute approximate surface area is 261 Å². The van der Waals surface area contributed by atoms with Crippen LogP contribution in [0.2, 0.25) is 0 Å². The second-order valence-electron chi connectivity index (χ2n) is 9.72. The number of methoxy groups -OCH3 is 3. The molecule has 8 nitrogen and oxygen atoms in total. The van der Waals surface area contributed by atoms with Crippen LogP contribution in [0, 0.1) is 0 Å². The number of carbonyl (C=O) groups excluding carboxylic acids is 2. The Morgan fingerprint density at radius 2 is 1.07 bits per heavy atom. The molecule has 0 spiro atoms. The van der Waals surface area contributed by atoms with Crippen LogP contribution in [0.4, 0.5) is 0 Å². The Kier molecular flexibility index (Phi) is 9.97. The van der Waals surface area contributed by atoms with E-state index in [4.69, 9.17) is 23.7 Å². The summed E-state index contributed by atoms with van der Waals surface area (Å²) in [7, 11) is 0.989. The highest BCUT2D eigenvalue weighted by Gasteiger charge is 2.30. The van der Waals surface area contributed by atoms with Crippen molar-refractivity contribution in [1.82, 2.24) is 0 Å². The third-order valence-corrected chi connectivity index (χ3v) is 8.58. The highest BCUT2D eigenvalue weighted by atomic mass is 31.1. The topological polar surface area (TPSA) is 97.4 Å². The highest BCUT2D eigenvalue weighted by molar-refractivity contribution is 7.71. The predicted octanol–water partition coefficient (Wildman–Crippen LogP) is 7.13. The van der Waals surface area contributed by atoms with Gasteiger partial charge < -0.3 is 28.2 Å². The Balaban J connectivity index is 1.55. The standard InChI is InChI=1S/C36H31O8P/c1-40-26-22-30(41-2)33(31(23-26)42-3)35(38)45(39)32-21-13-12-20-29(32)34(37)27-18-10-11-19-28(27)36(43-24-14-6-4-7-15-24)44-25-16-8-5-9-17-25/h4-23,36,45H,1-3H3. The van der Waals surface area contributed by atoms with Crippen molar-refractivity contribution >= 4 is 24.4 Å². The van der Waals surface area contributed by atoms with Crippen molar-refractivity contribution in [2.24, 2.45) is 0 Å². The molecular formula is C36H31O8P. The van der Waals surface area contributed by atoms with Crippen LogP contribution in [0.1, 0.15) is 38.1 Å². The first-order valence-corrected chi connectivity index (χ1v) is 15.4. The van der Waals surface area contributed by atoms with Crippen LogP contribution < -0.4 is 29.0 Å². The third-order valence-electron chi connectivity index (χ3n) is 7.00. The van der Waals surface area contributed by atoms with Gasteiger partial charge in [-0.1, -0.05) is 84.9 Å². The van der Waals surface area contributed by atoms with Gasteiger partial charge in [0.15, 0.2) is 13.6 Å².